The maximum absolute atomic E-state index is 12.6. The van der Waals surface area contributed by atoms with E-state index in [0.717, 1.165) is 38.9 Å². The van der Waals surface area contributed by atoms with Gasteiger partial charge in [0.15, 0.2) is 5.82 Å². The fourth-order valence-electron chi connectivity index (χ4n) is 3.43. The molecule has 1 aliphatic rings. The van der Waals surface area contributed by atoms with E-state index in [4.69, 9.17) is 4.52 Å². The van der Waals surface area contributed by atoms with Gasteiger partial charge in [-0.25, -0.2) is 4.79 Å². The summed E-state index contributed by atoms with van der Waals surface area (Å²) in [7, 11) is 1.75. The highest BCUT2D eigenvalue weighted by molar-refractivity contribution is 5.74. The second-order valence-electron chi connectivity index (χ2n) is 7.94. The van der Waals surface area contributed by atoms with Gasteiger partial charge >= 0.3 is 6.03 Å². The van der Waals surface area contributed by atoms with Crippen molar-refractivity contribution in [1.82, 2.24) is 30.2 Å². The Morgan fingerprint density at radius 1 is 1.46 bits per heavy atom. The molecule has 0 radical (unpaired) electrons. The number of carbonyl (C=O) groups excluding carboxylic acids is 1. The van der Waals surface area contributed by atoms with Crippen molar-refractivity contribution in [3.8, 4) is 0 Å². The van der Waals surface area contributed by atoms with Crippen molar-refractivity contribution in [3.05, 3.63) is 41.8 Å². The molecule has 0 bridgehead atoms. The number of nitrogens with zero attached hydrogens (tertiary/aromatic N) is 5. The van der Waals surface area contributed by atoms with Crippen LogP contribution in [0.2, 0.25) is 0 Å². The summed E-state index contributed by atoms with van der Waals surface area (Å²) in [6, 6.07) is 4.06. The van der Waals surface area contributed by atoms with Gasteiger partial charge in [-0.3, -0.25) is 9.88 Å². The molecule has 152 valence electrons. The zero-order valence-electron chi connectivity index (χ0n) is 17.0. The second-order valence-corrected chi connectivity index (χ2v) is 7.94. The highest BCUT2D eigenvalue weighted by Gasteiger charge is 2.23. The van der Waals surface area contributed by atoms with E-state index in [2.05, 4.69) is 45.3 Å². The summed E-state index contributed by atoms with van der Waals surface area (Å²) in [5, 5.41) is 7.11. The molecule has 1 N–H and O–H groups in total. The topological polar surface area (TPSA) is 87.4 Å². The van der Waals surface area contributed by atoms with Gasteiger partial charge < -0.3 is 14.7 Å². The maximum Gasteiger partial charge on any atom is 0.317 e. The van der Waals surface area contributed by atoms with E-state index in [1.54, 1.807) is 18.1 Å². The molecule has 3 rings (SSSR count). The van der Waals surface area contributed by atoms with Gasteiger partial charge in [-0.1, -0.05) is 25.1 Å². The van der Waals surface area contributed by atoms with E-state index >= 15 is 0 Å². The Bertz CT molecular complexity index is 748. The zero-order chi connectivity index (χ0) is 19.9. The lowest BCUT2D eigenvalue weighted by molar-refractivity contribution is 0.164. The fourth-order valence-corrected chi connectivity index (χ4v) is 3.43. The Morgan fingerprint density at radius 3 is 3.07 bits per heavy atom. The lowest BCUT2D eigenvalue weighted by Gasteiger charge is -2.33. The third kappa shape index (κ3) is 6.02. The quantitative estimate of drug-likeness (QED) is 0.787. The van der Waals surface area contributed by atoms with Crippen LogP contribution in [0.3, 0.4) is 0 Å². The first-order valence-electron chi connectivity index (χ1n) is 9.94. The fraction of sp³-hybridized carbons (Fsp3) is 0.600. The summed E-state index contributed by atoms with van der Waals surface area (Å²) >= 11 is 0. The molecule has 0 aromatic carbocycles. The van der Waals surface area contributed by atoms with Gasteiger partial charge in [0.05, 0.1) is 0 Å². The first kappa shape index (κ1) is 20.3. The van der Waals surface area contributed by atoms with Gasteiger partial charge in [-0.05, 0) is 36.9 Å². The number of amides is 2. The van der Waals surface area contributed by atoms with Crippen LogP contribution in [0.1, 0.15) is 44.0 Å². The number of rotatable bonds is 7. The van der Waals surface area contributed by atoms with Crippen molar-refractivity contribution in [1.29, 1.82) is 0 Å². The van der Waals surface area contributed by atoms with Gasteiger partial charge in [0.1, 0.15) is 6.54 Å². The highest BCUT2D eigenvalue weighted by Crippen LogP contribution is 2.14. The third-order valence-electron chi connectivity index (χ3n) is 4.78. The summed E-state index contributed by atoms with van der Waals surface area (Å²) in [5.41, 5.74) is 1.19. The molecule has 0 aliphatic carbocycles. The standard InChI is InChI=1S/C20H30N6O2/c1-15(2)10-18-23-19(28-24-18)14-25(3)20(27)22-17-7-5-9-26(13-17)12-16-6-4-8-21-11-16/h4,6,8,11,15,17H,5,7,9-10,12-14H2,1-3H3,(H,22,27)/t17-/m0/s1. The van der Waals surface area contributed by atoms with Crippen LogP contribution in [0.25, 0.3) is 0 Å². The number of carbonyl (C=O) groups is 1. The molecule has 0 unspecified atom stereocenters. The number of pyridine rings is 1. The molecule has 8 nitrogen and oxygen atoms in total. The molecule has 0 spiro atoms. The minimum atomic E-state index is -0.114. The Hall–Kier alpha value is -2.48. The van der Waals surface area contributed by atoms with Crippen LogP contribution in [-0.4, -0.2) is 57.1 Å². The van der Waals surface area contributed by atoms with E-state index in [1.165, 1.54) is 5.56 Å². The second kappa shape index (κ2) is 9.64. The van der Waals surface area contributed by atoms with Gasteiger partial charge in [0.2, 0.25) is 5.89 Å². The van der Waals surface area contributed by atoms with Crippen LogP contribution < -0.4 is 5.32 Å². The molecule has 2 aromatic rings. The van der Waals surface area contributed by atoms with Crippen molar-refractivity contribution in [3.63, 3.8) is 0 Å². The smallest absolute Gasteiger partial charge is 0.317 e. The summed E-state index contributed by atoms with van der Waals surface area (Å²) in [4.78, 5) is 25.1. The minimum absolute atomic E-state index is 0.114. The first-order valence-corrected chi connectivity index (χ1v) is 9.94. The normalized spacial score (nSPS) is 17.6. The summed E-state index contributed by atoms with van der Waals surface area (Å²) in [6.45, 7) is 7.26. The Labute approximate surface area is 166 Å². The number of likely N-dealkylation sites (tertiary alicyclic amines) is 1. The van der Waals surface area contributed by atoms with Crippen molar-refractivity contribution in [2.24, 2.45) is 5.92 Å². The molecule has 1 saturated heterocycles. The van der Waals surface area contributed by atoms with Crippen LogP contribution in [0, 0.1) is 5.92 Å². The molecule has 0 saturated carbocycles. The SMILES string of the molecule is CC(C)Cc1noc(CN(C)C(=O)N[C@H]2CCCN(Cc3cccnc3)C2)n1. The number of aromatic nitrogens is 3. The highest BCUT2D eigenvalue weighted by atomic mass is 16.5. The monoisotopic (exact) mass is 386 g/mol. The number of urea groups is 1. The molecule has 8 heteroatoms. The van der Waals surface area contributed by atoms with Crippen molar-refractivity contribution < 1.29 is 9.32 Å². The van der Waals surface area contributed by atoms with E-state index in [0.29, 0.717) is 24.2 Å². The Morgan fingerprint density at radius 2 is 2.32 bits per heavy atom. The van der Waals surface area contributed by atoms with Crippen molar-refractivity contribution >= 4 is 6.03 Å². The van der Waals surface area contributed by atoms with Crippen LogP contribution in [0.4, 0.5) is 4.79 Å². The lowest BCUT2D eigenvalue weighted by atomic mass is 10.1. The van der Waals surface area contributed by atoms with Crippen molar-refractivity contribution in [2.45, 2.75) is 52.2 Å². The summed E-state index contributed by atoms with van der Waals surface area (Å²) in [6.07, 6.45) is 6.51. The lowest BCUT2D eigenvalue weighted by Crippen LogP contribution is -2.50. The first-order chi connectivity index (χ1) is 13.5. The predicted octanol–water partition coefficient (Wildman–Crippen LogP) is 2.47. The molecule has 1 aliphatic heterocycles. The summed E-state index contributed by atoms with van der Waals surface area (Å²) in [5.74, 6) is 1.62. The van der Waals surface area contributed by atoms with Gasteiger partial charge in [0, 0.05) is 45.0 Å². The molecule has 2 aromatic heterocycles. The van der Waals surface area contributed by atoms with Crippen LogP contribution in [0.15, 0.2) is 29.0 Å². The average molecular weight is 387 g/mol. The van der Waals surface area contributed by atoms with Gasteiger partial charge in [-0.15, -0.1) is 0 Å². The number of hydrogen-bond acceptors (Lipinski definition) is 6. The predicted molar refractivity (Wildman–Crippen MR) is 105 cm³/mol. The van der Waals surface area contributed by atoms with E-state index in [-0.39, 0.29) is 12.1 Å². The van der Waals surface area contributed by atoms with Crippen molar-refractivity contribution in [2.75, 3.05) is 20.1 Å². The third-order valence-corrected chi connectivity index (χ3v) is 4.78. The largest absolute Gasteiger partial charge is 0.337 e. The molecule has 2 amide bonds. The van der Waals surface area contributed by atoms with Gasteiger partial charge in [0.25, 0.3) is 0 Å². The Balaban J connectivity index is 1.47. The Kier molecular flexibility index (Phi) is 6.97. The maximum atomic E-state index is 12.6. The number of hydrogen-bond donors (Lipinski definition) is 1. The van der Waals surface area contributed by atoms with Crippen LogP contribution in [-0.2, 0) is 19.5 Å². The van der Waals surface area contributed by atoms with E-state index in [1.807, 2.05) is 12.3 Å². The molecular formula is C20H30N6O2. The zero-order valence-corrected chi connectivity index (χ0v) is 17.0. The van der Waals surface area contributed by atoms with E-state index < -0.39 is 0 Å². The molecule has 3 heterocycles. The van der Waals surface area contributed by atoms with Crippen LogP contribution in [0.5, 0.6) is 0 Å². The van der Waals surface area contributed by atoms with Gasteiger partial charge in [-0.2, -0.15) is 4.98 Å². The van der Waals surface area contributed by atoms with E-state index in [9.17, 15) is 4.79 Å². The number of piperidine rings is 1. The van der Waals surface area contributed by atoms with Crippen LogP contribution >= 0.6 is 0 Å². The minimum Gasteiger partial charge on any atom is -0.337 e. The molecule has 1 fully saturated rings. The molecular weight excluding hydrogens is 356 g/mol. The number of nitrogens with one attached hydrogen (secondary N) is 1. The average Bonchev–Trinajstić information content (AvgIpc) is 3.09. The molecule has 28 heavy (non-hydrogen) atoms. The summed E-state index contributed by atoms with van der Waals surface area (Å²) < 4.78 is 5.26. The molecule has 1 atom stereocenters.